The van der Waals surface area contributed by atoms with Crippen LogP contribution < -0.4 is 5.32 Å². The van der Waals surface area contributed by atoms with Gasteiger partial charge in [0.05, 0.1) is 0 Å². The Morgan fingerprint density at radius 1 is 1.19 bits per heavy atom. The SMILES string of the molecule is CC(CNC(c1ccc(F)cc1)C1CC1)CN1CCCC1. The molecule has 3 rings (SSSR count). The zero-order chi connectivity index (χ0) is 14.7. The quantitative estimate of drug-likeness (QED) is 0.825. The number of halogens is 1. The van der Waals surface area contributed by atoms with E-state index < -0.39 is 0 Å². The molecule has 3 heteroatoms. The maximum atomic E-state index is 13.1. The second-order valence-electron chi connectivity index (χ2n) is 6.89. The predicted octanol–water partition coefficient (Wildman–Crippen LogP) is 3.60. The molecular weight excluding hydrogens is 263 g/mol. The van der Waals surface area contributed by atoms with Crippen LogP contribution in [0.3, 0.4) is 0 Å². The van der Waals surface area contributed by atoms with Crippen molar-refractivity contribution >= 4 is 0 Å². The number of rotatable bonds is 7. The lowest BCUT2D eigenvalue weighted by molar-refractivity contribution is 0.275. The Kier molecular flexibility index (Phi) is 4.91. The Morgan fingerprint density at radius 2 is 1.86 bits per heavy atom. The van der Waals surface area contributed by atoms with Crippen LogP contribution in [0.25, 0.3) is 0 Å². The summed E-state index contributed by atoms with van der Waals surface area (Å²) in [6, 6.07) is 7.46. The minimum atomic E-state index is -0.143. The molecule has 1 aromatic carbocycles. The van der Waals surface area contributed by atoms with Crippen LogP contribution in [0.15, 0.2) is 24.3 Å². The lowest BCUT2D eigenvalue weighted by Crippen LogP contribution is -2.34. The Morgan fingerprint density at radius 3 is 2.48 bits per heavy atom. The van der Waals surface area contributed by atoms with Gasteiger partial charge in [0.25, 0.3) is 0 Å². The summed E-state index contributed by atoms with van der Waals surface area (Å²) in [6.45, 7) is 7.13. The van der Waals surface area contributed by atoms with Crippen LogP contribution in [0.4, 0.5) is 4.39 Å². The van der Waals surface area contributed by atoms with Gasteiger partial charge in [0.2, 0.25) is 0 Å². The Balaban J connectivity index is 1.51. The van der Waals surface area contributed by atoms with Crippen molar-refractivity contribution in [2.24, 2.45) is 11.8 Å². The highest BCUT2D eigenvalue weighted by Gasteiger charge is 2.32. The monoisotopic (exact) mass is 290 g/mol. The van der Waals surface area contributed by atoms with E-state index in [1.54, 1.807) is 12.1 Å². The number of benzene rings is 1. The van der Waals surface area contributed by atoms with Gasteiger partial charge in [0.15, 0.2) is 0 Å². The molecule has 21 heavy (non-hydrogen) atoms. The summed E-state index contributed by atoms with van der Waals surface area (Å²) in [5.74, 6) is 1.27. The largest absolute Gasteiger partial charge is 0.309 e. The second kappa shape index (κ2) is 6.89. The summed E-state index contributed by atoms with van der Waals surface area (Å²) in [5.41, 5.74) is 1.24. The minimum Gasteiger partial charge on any atom is -0.309 e. The Hall–Kier alpha value is -0.930. The molecule has 2 atom stereocenters. The maximum Gasteiger partial charge on any atom is 0.123 e. The van der Waals surface area contributed by atoms with Crippen molar-refractivity contribution in [1.82, 2.24) is 10.2 Å². The van der Waals surface area contributed by atoms with E-state index in [0.29, 0.717) is 12.0 Å². The van der Waals surface area contributed by atoms with E-state index in [1.165, 1.54) is 50.9 Å². The predicted molar refractivity (Wildman–Crippen MR) is 84.7 cm³/mol. The Bertz CT molecular complexity index is 435. The van der Waals surface area contributed by atoms with Gasteiger partial charge < -0.3 is 10.2 Å². The molecule has 1 aromatic rings. The van der Waals surface area contributed by atoms with Gasteiger partial charge in [-0.3, -0.25) is 0 Å². The summed E-state index contributed by atoms with van der Waals surface area (Å²) < 4.78 is 13.1. The fraction of sp³-hybridized carbons (Fsp3) is 0.667. The zero-order valence-electron chi connectivity index (χ0n) is 13.0. The van der Waals surface area contributed by atoms with Crippen molar-refractivity contribution < 1.29 is 4.39 Å². The van der Waals surface area contributed by atoms with E-state index in [0.717, 1.165) is 12.5 Å². The molecule has 116 valence electrons. The van der Waals surface area contributed by atoms with Crippen LogP contribution in [0.2, 0.25) is 0 Å². The fourth-order valence-corrected chi connectivity index (χ4v) is 3.46. The fourth-order valence-electron chi connectivity index (χ4n) is 3.46. The van der Waals surface area contributed by atoms with E-state index in [9.17, 15) is 4.39 Å². The summed E-state index contributed by atoms with van der Waals surface area (Å²) in [7, 11) is 0. The van der Waals surface area contributed by atoms with Gasteiger partial charge in [0.1, 0.15) is 5.82 Å². The third-order valence-electron chi connectivity index (χ3n) is 4.78. The summed E-state index contributed by atoms with van der Waals surface area (Å²) >= 11 is 0. The third-order valence-corrected chi connectivity index (χ3v) is 4.78. The number of nitrogens with zero attached hydrogens (tertiary/aromatic N) is 1. The molecule has 2 fully saturated rings. The molecular formula is C18H27FN2. The van der Waals surface area contributed by atoms with Gasteiger partial charge in [-0.25, -0.2) is 4.39 Å². The molecule has 1 aliphatic carbocycles. The topological polar surface area (TPSA) is 15.3 Å². The molecule has 0 amide bonds. The molecule has 1 aliphatic heterocycles. The lowest BCUT2D eigenvalue weighted by Gasteiger charge is -2.24. The van der Waals surface area contributed by atoms with Crippen molar-refractivity contribution in [3.8, 4) is 0 Å². The van der Waals surface area contributed by atoms with Crippen LogP contribution in [0.5, 0.6) is 0 Å². The van der Waals surface area contributed by atoms with Crippen molar-refractivity contribution in [2.75, 3.05) is 26.2 Å². The number of nitrogens with one attached hydrogen (secondary N) is 1. The summed E-state index contributed by atoms with van der Waals surface area (Å²) in [6.07, 6.45) is 5.33. The molecule has 2 unspecified atom stereocenters. The van der Waals surface area contributed by atoms with Gasteiger partial charge in [0, 0.05) is 12.6 Å². The average molecular weight is 290 g/mol. The number of hydrogen-bond acceptors (Lipinski definition) is 2. The van der Waals surface area contributed by atoms with E-state index in [1.807, 2.05) is 12.1 Å². The van der Waals surface area contributed by atoms with Gasteiger partial charge in [-0.1, -0.05) is 19.1 Å². The van der Waals surface area contributed by atoms with Crippen LogP contribution >= 0.6 is 0 Å². The van der Waals surface area contributed by atoms with Crippen LogP contribution in [-0.2, 0) is 0 Å². The van der Waals surface area contributed by atoms with E-state index in [4.69, 9.17) is 0 Å². The summed E-state index contributed by atoms with van der Waals surface area (Å²) in [4.78, 5) is 2.58. The average Bonchev–Trinajstić information content (AvgIpc) is 3.18. The molecule has 0 aromatic heterocycles. The molecule has 2 nitrogen and oxygen atoms in total. The van der Waals surface area contributed by atoms with Crippen molar-refractivity contribution in [2.45, 2.75) is 38.6 Å². The minimum absolute atomic E-state index is 0.143. The highest BCUT2D eigenvalue weighted by atomic mass is 19.1. The molecule has 1 saturated heterocycles. The molecule has 1 N–H and O–H groups in total. The normalized spacial score (nSPS) is 22.4. The van der Waals surface area contributed by atoms with E-state index in [-0.39, 0.29) is 5.82 Å². The summed E-state index contributed by atoms with van der Waals surface area (Å²) in [5, 5.41) is 3.74. The molecule has 0 spiro atoms. The molecule has 0 radical (unpaired) electrons. The van der Waals surface area contributed by atoms with Crippen LogP contribution in [-0.4, -0.2) is 31.1 Å². The molecule has 1 heterocycles. The molecule has 0 bridgehead atoms. The first-order chi connectivity index (χ1) is 10.2. The molecule has 2 aliphatic rings. The van der Waals surface area contributed by atoms with Crippen LogP contribution in [0.1, 0.15) is 44.2 Å². The van der Waals surface area contributed by atoms with Crippen LogP contribution in [0, 0.1) is 17.7 Å². The van der Waals surface area contributed by atoms with Crippen molar-refractivity contribution in [3.63, 3.8) is 0 Å². The van der Waals surface area contributed by atoms with Gasteiger partial charge >= 0.3 is 0 Å². The van der Waals surface area contributed by atoms with Gasteiger partial charge in [-0.05, 0) is 74.8 Å². The number of likely N-dealkylation sites (tertiary alicyclic amines) is 1. The van der Waals surface area contributed by atoms with Gasteiger partial charge in [-0.15, -0.1) is 0 Å². The first-order valence-electron chi connectivity index (χ1n) is 8.43. The van der Waals surface area contributed by atoms with Crippen molar-refractivity contribution in [3.05, 3.63) is 35.6 Å². The third kappa shape index (κ3) is 4.27. The smallest absolute Gasteiger partial charge is 0.123 e. The Labute approximate surface area is 127 Å². The molecule has 1 saturated carbocycles. The van der Waals surface area contributed by atoms with E-state index >= 15 is 0 Å². The van der Waals surface area contributed by atoms with Gasteiger partial charge in [-0.2, -0.15) is 0 Å². The first kappa shape index (κ1) is 15.0. The lowest BCUT2D eigenvalue weighted by atomic mass is 10.0. The number of hydrogen-bond donors (Lipinski definition) is 1. The first-order valence-corrected chi connectivity index (χ1v) is 8.43. The second-order valence-corrected chi connectivity index (χ2v) is 6.89. The van der Waals surface area contributed by atoms with E-state index in [2.05, 4.69) is 17.1 Å². The highest BCUT2D eigenvalue weighted by molar-refractivity contribution is 5.22. The highest BCUT2D eigenvalue weighted by Crippen LogP contribution is 2.41. The zero-order valence-corrected chi connectivity index (χ0v) is 13.0. The standard InChI is InChI=1S/C18H27FN2/c1-14(13-21-10-2-3-11-21)12-20-18(15-4-5-15)16-6-8-17(19)9-7-16/h6-9,14-15,18,20H,2-5,10-13H2,1H3. The van der Waals surface area contributed by atoms with Crippen molar-refractivity contribution in [1.29, 1.82) is 0 Å². The maximum absolute atomic E-state index is 13.1.